The number of nitrogens with one attached hydrogen (secondary N) is 1. The molecule has 4 nitrogen and oxygen atoms in total. The molecule has 120 valence electrons. The van der Waals surface area contributed by atoms with E-state index in [1.54, 1.807) is 0 Å². The van der Waals surface area contributed by atoms with E-state index in [2.05, 4.69) is 74.0 Å². The molecule has 0 aliphatic carbocycles. The molecule has 21 heavy (non-hydrogen) atoms. The Bertz CT molecular complexity index is 386. The Kier molecular flexibility index (Phi) is 7.68. The van der Waals surface area contributed by atoms with Crippen molar-refractivity contribution in [1.29, 1.82) is 0 Å². The molecule has 0 saturated carbocycles. The van der Waals surface area contributed by atoms with E-state index in [-0.39, 0.29) is 0 Å². The number of hydrogen-bond donors (Lipinski definition) is 1. The van der Waals surface area contributed by atoms with E-state index in [0.29, 0.717) is 12.0 Å². The lowest BCUT2D eigenvalue weighted by Gasteiger charge is -2.27. The third kappa shape index (κ3) is 6.44. The van der Waals surface area contributed by atoms with E-state index in [9.17, 15) is 0 Å². The third-order valence-electron chi connectivity index (χ3n) is 3.51. The molecule has 1 rings (SSSR count). The van der Waals surface area contributed by atoms with E-state index in [1.807, 2.05) is 6.20 Å². The highest BCUT2D eigenvalue weighted by atomic mass is 15.2. The van der Waals surface area contributed by atoms with Crippen molar-refractivity contribution < 1.29 is 0 Å². The molecule has 0 radical (unpaired) electrons. The van der Waals surface area contributed by atoms with Crippen molar-refractivity contribution in [2.75, 3.05) is 45.2 Å². The largest absolute Gasteiger partial charge is 0.355 e. The Balaban J connectivity index is 2.77. The molecule has 1 unspecified atom stereocenters. The first-order valence-electron chi connectivity index (χ1n) is 8.03. The predicted octanol–water partition coefficient (Wildman–Crippen LogP) is 2.78. The van der Waals surface area contributed by atoms with Crippen molar-refractivity contribution >= 4 is 5.82 Å². The molecule has 0 fully saturated rings. The molecule has 0 bridgehead atoms. The fraction of sp³-hybridized carbons (Fsp3) is 0.706. The quantitative estimate of drug-likeness (QED) is 0.758. The van der Waals surface area contributed by atoms with Crippen LogP contribution in [0.5, 0.6) is 0 Å². The van der Waals surface area contributed by atoms with Crippen LogP contribution < -0.4 is 10.2 Å². The lowest BCUT2D eigenvalue weighted by Crippen LogP contribution is -2.35. The Morgan fingerprint density at radius 2 is 1.86 bits per heavy atom. The van der Waals surface area contributed by atoms with Crippen molar-refractivity contribution in [3.05, 3.63) is 23.9 Å². The summed E-state index contributed by atoms with van der Waals surface area (Å²) >= 11 is 0. The van der Waals surface area contributed by atoms with E-state index in [1.165, 1.54) is 5.56 Å². The van der Waals surface area contributed by atoms with Crippen molar-refractivity contribution in [2.45, 2.75) is 33.7 Å². The lowest BCUT2D eigenvalue weighted by atomic mass is 10.1. The van der Waals surface area contributed by atoms with Gasteiger partial charge in [0.25, 0.3) is 0 Å². The van der Waals surface area contributed by atoms with Gasteiger partial charge in [-0.1, -0.05) is 26.8 Å². The summed E-state index contributed by atoms with van der Waals surface area (Å²) in [7, 11) is 4.23. The van der Waals surface area contributed by atoms with Crippen molar-refractivity contribution in [3.8, 4) is 0 Å². The zero-order chi connectivity index (χ0) is 15.8. The Morgan fingerprint density at radius 1 is 1.14 bits per heavy atom. The molecule has 0 aromatic carbocycles. The summed E-state index contributed by atoms with van der Waals surface area (Å²) in [6, 6.07) is 4.71. The molecule has 0 aliphatic rings. The number of pyridine rings is 1. The van der Waals surface area contributed by atoms with Gasteiger partial charge in [-0.3, -0.25) is 0 Å². The second-order valence-electron chi connectivity index (χ2n) is 6.37. The Morgan fingerprint density at radius 3 is 2.33 bits per heavy atom. The van der Waals surface area contributed by atoms with Gasteiger partial charge in [0.2, 0.25) is 0 Å². The van der Waals surface area contributed by atoms with Gasteiger partial charge in [0.15, 0.2) is 0 Å². The molecular weight excluding hydrogens is 260 g/mol. The number of rotatable bonds is 9. The SMILES string of the molecule is CCNC(C)c1ccc(N(CCN(C)C)CC(C)C)nc1. The Labute approximate surface area is 130 Å². The zero-order valence-corrected chi connectivity index (χ0v) is 14.6. The minimum Gasteiger partial charge on any atom is -0.355 e. The monoisotopic (exact) mass is 292 g/mol. The normalized spacial score (nSPS) is 13.0. The van der Waals surface area contributed by atoms with Crippen molar-refractivity contribution in [1.82, 2.24) is 15.2 Å². The zero-order valence-electron chi connectivity index (χ0n) is 14.6. The van der Waals surface area contributed by atoms with E-state index < -0.39 is 0 Å². The first-order chi connectivity index (χ1) is 9.93. The Hall–Kier alpha value is -1.13. The molecular formula is C17H32N4. The fourth-order valence-electron chi connectivity index (χ4n) is 2.33. The lowest BCUT2D eigenvalue weighted by molar-refractivity contribution is 0.408. The van der Waals surface area contributed by atoms with Crippen LogP contribution >= 0.6 is 0 Å². The van der Waals surface area contributed by atoms with Gasteiger partial charge in [-0.2, -0.15) is 0 Å². The smallest absolute Gasteiger partial charge is 0.128 e. The minimum atomic E-state index is 0.358. The van der Waals surface area contributed by atoms with Crippen molar-refractivity contribution in [3.63, 3.8) is 0 Å². The summed E-state index contributed by atoms with van der Waals surface area (Å²) in [4.78, 5) is 9.28. The maximum atomic E-state index is 4.68. The number of anilines is 1. The van der Waals surface area contributed by atoms with E-state index in [0.717, 1.165) is 32.0 Å². The molecule has 1 atom stereocenters. The minimum absolute atomic E-state index is 0.358. The van der Waals surface area contributed by atoms with E-state index >= 15 is 0 Å². The first kappa shape index (κ1) is 17.9. The average molecular weight is 292 g/mol. The van der Waals surface area contributed by atoms with Crippen LogP contribution in [0, 0.1) is 5.92 Å². The van der Waals surface area contributed by atoms with Crippen LogP contribution in [0.15, 0.2) is 18.3 Å². The van der Waals surface area contributed by atoms with Gasteiger partial charge >= 0.3 is 0 Å². The van der Waals surface area contributed by atoms with Crippen LogP contribution in [0.2, 0.25) is 0 Å². The number of likely N-dealkylation sites (N-methyl/N-ethyl adjacent to an activating group) is 1. The van der Waals surface area contributed by atoms with Crippen LogP contribution in [-0.4, -0.2) is 50.2 Å². The highest BCUT2D eigenvalue weighted by Crippen LogP contribution is 2.17. The third-order valence-corrected chi connectivity index (χ3v) is 3.51. The van der Waals surface area contributed by atoms with Crippen LogP contribution in [0.3, 0.4) is 0 Å². The highest BCUT2D eigenvalue weighted by molar-refractivity contribution is 5.40. The molecule has 1 aromatic rings. The second-order valence-corrected chi connectivity index (χ2v) is 6.37. The summed E-state index contributed by atoms with van der Waals surface area (Å²) in [6.45, 7) is 12.9. The molecule has 1 aromatic heterocycles. The molecule has 1 N–H and O–H groups in total. The molecule has 0 saturated heterocycles. The van der Waals surface area contributed by atoms with Crippen LogP contribution in [0.4, 0.5) is 5.82 Å². The first-order valence-corrected chi connectivity index (χ1v) is 8.03. The number of hydrogen-bond acceptors (Lipinski definition) is 4. The van der Waals surface area contributed by atoms with Crippen LogP contribution in [-0.2, 0) is 0 Å². The predicted molar refractivity (Wildman–Crippen MR) is 91.9 cm³/mol. The molecule has 0 aliphatic heterocycles. The number of aromatic nitrogens is 1. The van der Waals surface area contributed by atoms with Gasteiger partial charge in [0, 0.05) is 31.9 Å². The van der Waals surface area contributed by atoms with Gasteiger partial charge in [0.05, 0.1) is 0 Å². The summed E-state index contributed by atoms with van der Waals surface area (Å²) in [5.41, 5.74) is 1.25. The van der Waals surface area contributed by atoms with Gasteiger partial charge in [-0.15, -0.1) is 0 Å². The van der Waals surface area contributed by atoms with Gasteiger partial charge in [0.1, 0.15) is 5.82 Å². The van der Waals surface area contributed by atoms with E-state index in [4.69, 9.17) is 0 Å². The summed E-state index contributed by atoms with van der Waals surface area (Å²) in [5.74, 6) is 1.72. The maximum absolute atomic E-state index is 4.68. The summed E-state index contributed by atoms with van der Waals surface area (Å²) < 4.78 is 0. The molecule has 0 amide bonds. The summed E-state index contributed by atoms with van der Waals surface area (Å²) in [6.07, 6.45) is 2.01. The van der Waals surface area contributed by atoms with Crippen LogP contribution in [0.1, 0.15) is 39.3 Å². The maximum Gasteiger partial charge on any atom is 0.128 e. The topological polar surface area (TPSA) is 31.4 Å². The molecule has 4 heteroatoms. The second kappa shape index (κ2) is 9.00. The molecule has 1 heterocycles. The molecule has 0 spiro atoms. The van der Waals surface area contributed by atoms with Gasteiger partial charge < -0.3 is 15.1 Å². The van der Waals surface area contributed by atoms with Gasteiger partial charge in [-0.25, -0.2) is 4.98 Å². The van der Waals surface area contributed by atoms with Crippen molar-refractivity contribution in [2.24, 2.45) is 5.92 Å². The standard InChI is InChI=1S/C17H32N4/c1-7-18-15(4)16-8-9-17(19-12-16)21(13-14(2)3)11-10-20(5)6/h8-9,12,14-15,18H,7,10-11,13H2,1-6H3. The summed E-state index contributed by atoms with van der Waals surface area (Å²) in [5, 5.41) is 3.42. The van der Waals surface area contributed by atoms with Crippen LogP contribution in [0.25, 0.3) is 0 Å². The van der Waals surface area contributed by atoms with Gasteiger partial charge in [-0.05, 0) is 45.1 Å². The highest BCUT2D eigenvalue weighted by Gasteiger charge is 2.11. The average Bonchev–Trinajstić information content (AvgIpc) is 2.43. The fourth-order valence-corrected chi connectivity index (χ4v) is 2.33. The number of nitrogens with zero attached hydrogens (tertiary/aromatic N) is 3.